The summed E-state index contributed by atoms with van der Waals surface area (Å²) < 4.78 is 40.2. The molecule has 1 unspecified atom stereocenters. The Morgan fingerprint density at radius 1 is 1.16 bits per heavy atom. The third-order valence-corrected chi connectivity index (χ3v) is 6.56. The first-order valence-corrected chi connectivity index (χ1v) is 12.9. The minimum atomic E-state index is -1.11. The number of benzene rings is 1. The Morgan fingerprint density at radius 2 is 1.78 bits per heavy atom. The van der Waals surface area contributed by atoms with Crippen LogP contribution in [0.25, 0.3) is 11.1 Å². The molecular weight excluding hydrogens is 478 g/mol. The Labute approximate surface area is 219 Å². The average Bonchev–Trinajstić information content (AvgIpc) is 2.78. The van der Waals surface area contributed by atoms with Gasteiger partial charge in [0.1, 0.15) is 0 Å². The van der Waals surface area contributed by atoms with Crippen molar-refractivity contribution in [2.24, 2.45) is 5.41 Å². The SMILES string of the molecule is Cc1nc(CO)c(-c2ccc(F)c(F)c2)c(N2CCC(C)(C)CC2)c1C(OC(C)(C)C)C(=O)OC(C)C. The highest BCUT2D eigenvalue weighted by atomic mass is 19.2. The Hall–Kier alpha value is -2.58. The van der Waals surface area contributed by atoms with Gasteiger partial charge in [0, 0.05) is 29.9 Å². The van der Waals surface area contributed by atoms with Crippen LogP contribution in [-0.2, 0) is 20.9 Å². The Balaban J connectivity index is 2.37. The molecule has 1 saturated heterocycles. The van der Waals surface area contributed by atoms with E-state index < -0.39 is 35.9 Å². The van der Waals surface area contributed by atoms with Gasteiger partial charge in [-0.15, -0.1) is 0 Å². The number of esters is 1. The standard InChI is InChI=1S/C29H40F2N2O4/c1-17(2)36-27(35)26(37-28(4,5)6)23-18(3)32-22(16-34)24(19-9-10-20(30)21(31)15-19)25(23)33-13-11-29(7,8)12-14-33/h9-10,15,17,26,34H,11-14,16H2,1-8H3. The van der Waals surface area contributed by atoms with E-state index in [0.717, 1.165) is 25.0 Å². The Morgan fingerprint density at radius 3 is 2.30 bits per heavy atom. The molecule has 204 valence electrons. The van der Waals surface area contributed by atoms with E-state index in [4.69, 9.17) is 9.47 Å². The second-order valence-corrected chi connectivity index (χ2v) is 11.8. The highest BCUT2D eigenvalue weighted by molar-refractivity contribution is 5.88. The van der Waals surface area contributed by atoms with E-state index in [2.05, 4.69) is 23.7 Å². The van der Waals surface area contributed by atoms with E-state index >= 15 is 0 Å². The van der Waals surface area contributed by atoms with Gasteiger partial charge in [0.25, 0.3) is 0 Å². The summed E-state index contributed by atoms with van der Waals surface area (Å²) in [5.41, 5.74) is 2.23. The number of carbonyl (C=O) groups excluding carboxylic acids is 1. The maximum absolute atomic E-state index is 14.4. The number of hydrogen-bond donors (Lipinski definition) is 1. The molecule has 0 amide bonds. The van der Waals surface area contributed by atoms with Crippen LogP contribution >= 0.6 is 0 Å². The van der Waals surface area contributed by atoms with Crippen molar-refractivity contribution >= 4 is 11.7 Å². The van der Waals surface area contributed by atoms with Gasteiger partial charge in [-0.05, 0) is 77.5 Å². The number of halogens is 2. The molecule has 1 atom stereocenters. The number of hydrogen-bond acceptors (Lipinski definition) is 6. The second kappa shape index (κ2) is 11.0. The van der Waals surface area contributed by atoms with Gasteiger partial charge in [0.2, 0.25) is 0 Å². The summed E-state index contributed by atoms with van der Waals surface area (Å²) in [6.07, 6.45) is 0.298. The van der Waals surface area contributed by atoms with Crippen molar-refractivity contribution in [3.8, 4) is 11.1 Å². The van der Waals surface area contributed by atoms with Crippen molar-refractivity contribution in [2.45, 2.75) is 92.6 Å². The summed E-state index contributed by atoms with van der Waals surface area (Å²) in [7, 11) is 0. The smallest absolute Gasteiger partial charge is 0.340 e. The Kier molecular flexibility index (Phi) is 8.64. The number of carbonyl (C=O) groups is 1. The molecule has 0 radical (unpaired) electrons. The van der Waals surface area contributed by atoms with Crippen LogP contribution in [0.1, 0.15) is 84.4 Å². The van der Waals surface area contributed by atoms with E-state index in [1.165, 1.54) is 6.07 Å². The molecule has 0 aliphatic carbocycles. The van der Waals surface area contributed by atoms with Gasteiger partial charge in [-0.25, -0.2) is 13.6 Å². The van der Waals surface area contributed by atoms with Crippen LogP contribution in [0, 0.1) is 24.0 Å². The van der Waals surface area contributed by atoms with E-state index in [0.29, 0.717) is 46.9 Å². The molecule has 1 aromatic heterocycles. The maximum Gasteiger partial charge on any atom is 0.340 e. The van der Waals surface area contributed by atoms with Crippen LogP contribution in [0.15, 0.2) is 18.2 Å². The molecule has 0 bridgehead atoms. The number of aliphatic hydroxyl groups excluding tert-OH is 1. The van der Waals surface area contributed by atoms with Crippen molar-refractivity contribution in [3.05, 3.63) is 46.8 Å². The first-order valence-electron chi connectivity index (χ1n) is 12.9. The van der Waals surface area contributed by atoms with Crippen molar-refractivity contribution in [1.29, 1.82) is 0 Å². The molecule has 2 aromatic rings. The fourth-order valence-electron chi connectivity index (χ4n) is 4.68. The number of aliphatic hydroxyl groups is 1. The highest BCUT2D eigenvalue weighted by Crippen LogP contribution is 2.45. The van der Waals surface area contributed by atoms with Crippen LogP contribution in [0.2, 0.25) is 0 Å². The normalized spacial score (nSPS) is 16.7. The van der Waals surface area contributed by atoms with Crippen molar-refractivity contribution in [1.82, 2.24) is 4.98 Å². The number of aromatic nitrogens is 1. The van der Waals surface area contributed by atoms with Gasteiger partial charge in [-0.1, -0.05) is 19.9 Å². The monoisotopic (exact) mass is 518 g/mol. The number of anilines is 1. The average molecular weight is 519 g/mol. The highest BCUT2D eigenvalue weighted by Gasteiger charge is 2.38. The van der Waals surface area contributed by atoms with E-state index in [-0.39, 0.29) is 11.5 Å². The predicted molar refractivity (Wildman–Crippen MR) is 140 cm³/mol. The molecule has 3 rings (SSSR count). The van der Waals surface area contributed by atoms with E-state index in [9.17, 15) is 18.7 Å². The number of ether oxygens (including phenoxy) is 2. The zero-order chi connectivity index (χ0) is 27.7. The maximum atomic E-state index is 14.4. The third-order valence-electron chi connectivity index (χ3n) is 6.56. The summed E-state index contributed by atoms with van der Waals surface area (Å²) >= 11 is 0. The number of pyridine rings is 1. The van der Waals surface area contributed by atoms with Crippen LogP contribution < -0.4 is 4.90 Å². The quantitative estimate of drug-likeness (QED) is 0.436. The zero-order valence-corrected chi connectivity index (χ0v) is 23.2. The number of aryl methyl sites for hydroxylation is 1. The largest absolute Gasteiger partial charge is 0.461 e. The minimum absolute atomic E-state index is 0.137. The molecule has 6 nitrogen and oxygen atoms in total. The molecule has 8 heteroatoms. The van der Waals surface area contributed by atoms with Crippen LogP contribution in [0.4, 0.5) is 14.5 Å². The first kappa shape index (κ1) is 29.0. The summed E-state index contributed by atoms with van der Waals surface area (Å²) in [5, 5.41) is 10.3. The molecule has 1 N–H and O–H groups in total. The van der Waals surface area contributed by atoms with Gasteiger partial charge in [0.15, 0.2) is 17.7 Å². The fraction of sp³-hybridized carbons (Fsp3) is 0.586. The summed E-state index contributed by atoms with van der Waals surface area (Å²) in [6.45, 7) is 16.2. The second-order valence-electron chi connectivity index (χ2n) is 11.8. The third kappa shape index (κ3) is 6.85. The molecule has 1 aromatic carbocycles. The molecule has 37 heavy (non-hydrogen) atoms. The molecule has 1 fully saturated rings. The van der Waals surface area contributed by atoms with Crippen molar-refractivity contribution < 1.29 is 28.2 Å². The molecule has 2 heterocycles. The van der Waals surface area contributed by atoms with Gasteiger partial charge >= 0.3 is 5.97 Å². The molecule has 1 aliphatic heterocycles. The molecule has 0 saturated carbocycles. The summed E-state index contributed by atoms with van der Waals surface area (Å²) in [4.78, 5) is 20.3. The lowest BCUT2D eigenvalue weighted by Gasteiger charge is -2.41. The van der Waals surface area contributed by atoms with E-state index in [1.54, 1.807) is 20.8 Å². The van der Waals surface area contributed by atoms with Crippen LogP contribution in [0.5, 0.6) is 0 Å². The predicted octanol–water partition coefficient (Wildman–Crippen LogP) is 6.26. The first-order chi connectivity index (χ1) is 17.1. The Bertz CT molecular complexity index is 1130. The summed E-state index contributed by atoms with van der Waals surface area (Å²) in [5.74, 6) is -2.53. The lowest BCUT2D eigenvalue weighted by Crippen LogP contribution is -2.39. The fourth-order valence-corrected chi connectivity index (χ4v) is 4.68. The van der Waals surface area contributed by atoms with Crippen molar-refractivity contribution in [3.63, 3.8) is 0 Å². The van der Waals surface area contributed by atoms with Gasteiger partial charge < -0.3 is 19.5 Å². The van der Waals surface area contributed by atoms with Gasteiger partial charge in [-0.3, -0.25) is 4.98 Å². The lowest BCUT2D eigenvalue weighted by atomic mass is 9.81. The van der Waals surface area contributed by atoms with Gasteiger partial charge in [-0.2, -0.15) is 0 Å². The van der Waals surface area contributed by atoms with Crippen molar-refractivity contribution in [2.75, 3.05) is 18.0 Å². The van der Waals surface area contributed by atoms with Crippen LogP contribution in [0.3, 0.4) is 0 Å². The van der Waals surface area contributed by atoms with Gasteiger partial charge in [0.05, 0.1) is 29.7 Å². The lowest BCUT2D eigenvalue weighted by molar-refractivity contribution is -0.171. The molecule has 0 spiro atoms. The topological polar surface area (TPSA) is 71.9 Å². The minimum Gasteiger partial charge on any atom is -0.461 e. The molecular formula is C29H40F2N2O4. The number of nitrogens with zero attached hydrogens (tertiary/aromatic N) is 2. The number of rotatable bonds is 7. The van der Waals surface area contributed by atoms with E-state index in [1.807, 2.05) is 20.8 Å². The summed E-state index contributed by atoms with van der Waals surface area (Å²) in [6, 6.07) is 3.63. The zero-order valence-electron chi connectivity index (χ0n) is 23.2. The number of piperidine rings is 1. The molecule has 1 aliphatic rings. The van der Waals surface area contributed by atoms with Crippen LogP contribution in [-0.4, -0.2) is 40.9 Å².